The van der Waals surface area contributed by atoms with Crippen molar-refractivity contribution in [1.82, 2.24) is 10.3 Å². The molecule has 88 valence electrons. The molecule has 1 aromatic heterocycles. The zero-order chi connectivity index (χ0) is 12.0. The van der Waals surface area contributed by atoms with Crippen LogP contribution < -0.4 is 5.32 Å². The number of aromatic nitrogens is 1. The van der Waals surface area contributed by atoms with E-state index in [9.17, 15) is 4.79 Å². The fourth-order valence-corrected chi connectivity index (χ4v) is 1.52. The Hall–Kier alpha value is -1.42. The van der Waals surface area contributed by atoms with Crippen molar-refractivity contribution in [3.05, 3.63) is 29.6 Å². The molecule has 0 aromatic carbocycles. The standard InChI is InChI=1S/C12H18N2O2/c1-3-5-10(12(15)16)14-8-11-9(2)6-4-7-13-11/h4,6-7,10,14H,3,5,8H2,1-2H3,(H,15,16). The zero-order valence-electron chi connectivity index (χ0n) is 9.73. The number of hydrogen-bond acceptors (Lipinski definition) is 3. The van der Waals surface area contributed by atoms with Crippen molar-refractivity contribution in [3.63, 3.8) is 0 Å². The van der Waals surface area contributed by atoms with Crippen molar-refractivity contribution >= 4 is 5.97 Å². The zero-order valence-corrected chi connectivity index (χ0v) is 9.73. The Labute approximate surface area is 95.7 Å². The number of rotatable bonds is 6. The first kappa shape index (κ1) is 12.6. The number of carboxylic acids is 1. The van der Waals surface area contributed by atoms with Crippen LogP contribution in [0.25, 0.3) is 0 Å². The van der Waals surface area contributed by atoms with Gasteiger partial charge in [-0.15, -0.1) is 0 Å². The van der Waals surface area contributed by atoms with Crippen LogP contribution in [0.4, 0.5) is 0 Å². The Bertz CT molecular complexity index is 353. The van der Waals surface area contributed by atoms with Gasteiger partial charge >= 0.3 is 5.97 Å². The summed E-state index contributed by atoms with van der Waals surface area (Å²) in [4.78, 5) is 15.1. The lowest BCUT2D eigenvalue weighted by atomic mass is 10.1. The van der Waals surface area contributed by atoms with Crippen molar-refractivity contribution in [2.75, 3.05) is 0 Å². The molecule has 0 spiro atoms. The molecule has 1 aromatic rings. The van der Waals surface area contributed by atoms with Gasteiger partial charge in [0.15, 0.2) is 0 Å². The van der Waals surface area contributed by atoms with Crippen molar-refractivity contribution in [1.29, 1.82) is 0 Å². The summed E-state index contributed by atoms with van der Waals surface area (Å²) in [5.41, 5.74) is 1.99. The monoisotopic (exact) mass is 222 g/mol. The maximum Gasteiger partial charge on any atom is 0.320 e. The molecule has 0 amide bonds. The van der Waals surface area contributed by atoms with E-state index in [-0.39, 0.29) is 0 Å². The van der Waals surface area contributed by atoms with Gasteiger partial charge < -0.3 is 5.11 Å². The third-order valence-corrected chi connectivity index (χ3v) is 2.51. The van der Waals surface area contributed by atoms with Gasteiger partial charge in [-0.25, -0.2) is 0 Å². The molecule has 2 N–H and O–H groups in total. The average molecular weight is 222 g/mol. The van der Waals surface area contributed by atoms with Crippen LogP contribution in [0.2, 0.25) is 0 Å². The number of aryl methyl sites for hydroxylation is 1. The van der Waals surface area contributed by atoms with Crippen molar-refractivity contribution in [3.8, 4) is 0 Å². The summed E-state index contributed by atoms with van der Waals surface area (Å²) >= 11 is 0. The van der Waals surface area contributed by atoms with Crippen LogP contribution in [0.3, 0.4) is 0 Å². The molecule has 0 bridgehead atoms. The van der Waals surface area contributed by atoms with E-state index in [2.05, 4.69) is 10.3 Å². The minimum atomic E-state index is -0.796. The predicted molar refractivity (Wildman–Crippen MR) is 62.1 cm³/mol. The Kier molecular flexibility index (Phi) is 4.92. The van der Waals surface area contributed by atoms with Gasteiger partial charge in [0, 0.05) is 12.7 Å². The lowest BCUT2D eigenvalue weighted by molar-refractivity contribution is -0.139. The maximum atomic E-state index is 10.9. The van der Waals surface area contributed by atoms with E-state index < -0.39 is 12.0 Å². The number of hydrogen-bond donors (Lipinski definition) is 2. The van der Waals surface area contributed by atoms with Gasteiger partial charge in [0.25, 0.3) is 0 Å². The molecule has 0 saturated heterocycles. The Balaban J connectivity index is 2.55. The minimum absolute atomic E-state index is 0.480. The lowest BCUT2D eigenvalue weighted by Crippen LogP contribution is -2.36. The highest BCUT2D eigenvalue weighted by Gasteiger charge is 2.15. The first-order valence-corrected chi connectivity index (χ1v) is 5.51. The molecule has 0 fully saturated rings. The molecule has 0 saturated carbocycles. The van der Waals surface area contributed by atoms with Gasteiger partial charge in [-0.05, 0) is 25.0 Å². The van der Waals surface area contributed by atoms with E-state index in [1.807, 2.05) is 26.0 Å². The van der Waals surface area contributed by atoms with E-state index in [0.29, 0.717) is 13.0 Å². The fraction of sp³-hybridized carbons (Fsp3) is 0.500. The summed E-state index contributed by atoms with van der Waals surface area (Å²) in [6.45, 7) is 4.45. The summed E-state index contributed by atoms with van der Waals surface area (Å²) < 4.78 is 0. The van der Waals surface area contributed by atoms with Crippen LogP contribution in [0.5, 0.6) is 0 Å². The summed E-state index contributed by atoms with van der Waals surface area (Å²) in [6.07, 6.45) is 3.21. The summed E-state index contributed by atoms with van der Waals surface area (Å²) in [6, 6.07) is 3.37. The lowest BCUT2D eigenvalue weighted by Gasteiger charge is -2.13. The minimum Gasteiger partial charge on any atom is -0.480 e. The van der Waals surface area contributed by atoms with Crippen molar-refractivity contribution < 1.29 is 9.90 Å². The fourth-order valence-electron chi connectivity index (χ4n) is 1.52. The van der Waals surface area contributed by atoms with Crippen LogP contribution in [-0.4, -0.2) is 22.1 Å². The van der Waals surface area contributed by atoms with E-state index in [1.165, 1.54) is 0 Å². The number of aliphatic carboxylic acids is 1. The van der Waals surface area contributed by atoms with E-state index in [0.717, 1.165) is 17.7 Å². The molecule has 0 aliphatic heterocycles. The Morgan fingerprint density at radius 1 is 1.62 bits per heavy atom. The van der Waals surface area contributed by atoms with Crippen LogP contribution >= 0.6 is 0 Å². The van der Waals surface area contributed by atoms with Crippen molar-refractivity contribution in [2.24, 2.45) is 0 Å². The summed E-state index contributed by atoms with van der Waals surface area (Å²) in [5, 5.41) is 12.0. The summed E-state index contributed by atoms with van der Waals surface area (Å²) in [5.74, 6) is -0.796. The summed E-state index contributed by atoms with van der Waals surface area (Å²) in [7, 11) is 0. The second-order valence-corrected chi connectivity index (χ2v) is 3.83. The second-order valence-electron chi connectivity index (χ2n) is 3.83. The SMILES string of the molecule is CCCC(NCc1ncccc1C)C(=O)O. The molecular formula is C12H18N2O2. The van der Waals surface area contributed by atoms with Gasteiger partial charge in [0.2, 0.25) is 0 Å². The first-order valence-electron chi connectivity index (χ1n) is 5.51. The van der Waals surface area contributed by atoms with Gasteiger partial charge in [0.05, 0.1) is 5.69 Å². The molecule has 0 radical (unpaired) electrons. The smallest absolute Gasteiger partial charge is 0.320 e. The highest BCUT2D eigenvalue weighted by atomic mass is 16.4. The maximum absolute atomic E-state index is 10.9. The van der Waals surface area contributed by atoms with Crippen LogP contribution in [-0.2, 0) is 11.3 Å². The molecular weight excluding hydrogens is 204 g/mol. The van der Waals surface area contributed by atoms with E-state index in [1.54, 1.807) is 6.20 Å². The Morgan fingerprint density at radius 3 is 2.94 bits per heavy atom. The van der Waals surface area contributed by atoms with Crippen LogP contribution in [0, 0.1) is 6.92 Å². The predicted octanol–water partition coefficient (Wildman–Crippen LogP) is 1.73. The first-order chi connectivity index (χ1) is 7.65. The molecule has 1 unspecified atom stereocenters. The molecule has 1 rings (SSSR count). The number of carboxylic acid groups (broad SMARTS) is 1. The van der Waals surface area contributed by atoms with E-state index >= 15 is 0 Å². The van der Waals surface area contributed by atoms with Gasteiger partial charge in [0.1, 0.15) is 6.04 Å². The van der Waals surface area contributed by atoms with Crippen LogP contribution in [0.15, 0.2) is 18.3 Å². The van der Waals surface area contributed by atoms with Gasteiger partial charge in [-0.3, -0.25) is 15.1 Å². The Morgan fingerprint density at radius 2 is 2.38 bits per heavy atom. The number of nitrogens with zero attached hydrogens (tertiary/aromatic N) is 1. The third kappa shape index (κ3) is 3.62. The molecule has 1 heterocycles. The van der Waals surface area contributed by atoms with Crippen molar-refractivity contribution in [2.45, 2.75) is 39.3 Å². The third-order valence-electron chi connectivity index (χ3n) is 2.51. The number of nitrogens with one attached hydrogen (secondary N) is 1. The van der Waals surface area contributed by atoms with Crippen LogP contribution in [0.1, 0.15) is 31.0 Å². The number of carbonyl (C=O) groups is 1. The second kappa shape index (κ2) is 6.23. The van der Waals surface area contributed by atoms with Gasteiger partial charge in [-0.1, -0.05) is 19.4 Å². The molecule has 16 heavy (non-hydrogen) atoms. The largest absolute Gasteiger partial charge is 0.480 e. The van der Waals surface area contributed by atoms with E-state index in [4.69, 9.17) is 5.11 Å². The molecule has 1 atom stereocenters. The molecule has 4 heteroatoms. The topological polar surface area (TPSA) is 62.2 Å². The highest BCUT2D eigenvalue weighted by Crippen LogP contribution is 2.04. The number of pyridine rings is 1. The molecule has 4 nitrogen and oxygen atoms in total. The molecule has 0 aliphatic carbocycles. The van der Waals surface area contributed by atoms with Gasteiger partial charge in [-0.2, -0.15) is 0 Å². The average Bonchev–Trinajstić information content (AvgIpc) is 2.26. The highest BCUT2D eigenvalue weighted by molar-refractivity contribution is 5.73. The quantitative estimate of drug-likeness (QED) is 0.769. The molecule has 0 aliphatic rings. The normalized spacial score (nSPS) is 12.4.